The van der Waals surface area contributed by atoms with Crippen molar-refractivity contribution in [3.05, 3.63) is 35.9 Å². The molecule has 0 heterocycles. The van der Waals surface area contributed by atoms with Crippen molar-refractivity contribution in [1.82, 2.24) is 5.32 Å². The van der Waals surface area contributed by atoms with Crippen molar-refractivity contribution < 1.29 is 9.90 Å². The standard InChI is InChI=1S/C13H18ClNO2/c14-8-4-7-13(17)15-12(10-16)9-11-5-2-1-3-6-11/h1-3,5-6,12,16H,4,7-10H2,(H,15,17)/t12-/m1/s1. The van der Waals surface area contributed by atoms with E-state index in [2.05, 4.69) is 5.32 Å². The van der Waals surface area contributed by atoms with Crippen LogP contribution in [0.2, 0.25) is 0 Å². The normalized spacial score (nSPS) is 12.1. The van der Waals surface area contributed by atoms with E-state index in [0.29, 0.717) is 25.1 Å². The number of amides is 1. The van der Waals surface area contributed by atoms with Gasteiger partial charge in [-0.25, -0.2) is 0 Å². The number of carbonyl (C=O) groups excluding carboxylic acids is 1. The molecule has 1 rings (SSSR count). The predicted molar refractivity (Wildman–Crippen MR) is 69.1 cm³/mol. The van der Waals surface area contributed by atoms with E-state index in [-0.39, 0.29) is 18.6 Å². The van der Waals surface area contributed by atoms with Gasteiger partial charge in [0.2, 0.25) is 5.91 Å². The van der Waals surface area contributed by atoms with Crippen LogP contribution in [0.5, 0.6) is 0 Å². The van der Waals surface area contributed by atoms with E-state index in [0.717, 1.165) is 5.56 Å². The maximum atomic E-state index is 11.5. The highest BCUT2D eigenvalue weighted by atomic mass is 35.5. The van der Waals surface area contributed by atoms with E-state index in [1.165, 1.54) is 0 Å². The maximum Gasteiger partial charge on any atom is 0.220 e. The summed E-state index contributed by atoms with van der Waals surface area (Å²) in [5.74, 6) is 0.427. The van der Waals surface area contributed by atoms with Gasteiger partial charge in [-0.05, 0) is 18.4 Å². The van der Waals surface area contributed by atoms with Crippen LogP contribution in [0.25, 0.3) is 0 Å². The number of rotatable bonds is 7. The highest BCUT2D eigenvalue weighted by Gasteiger charge is 2.11. The summed E-state index contributed by atoms with van der Waals surface area (Å²) in [6.07, 6.45) is 1.72. The summed E-state index contributed by atoms with van der Waals surface area (Å²) in [6, 6.07) is 9.57. The lowest BCUT2D eigenvalue weighted by Crippen LogP contribution is -2.39. The second-order valence-corrected chi connectivity index (χ2v) is 4.31. The molecule has 4 heteroatoms. The van der Waals surface area contributed by atoms with Gasteiger partial charge in [-0.15, -0.1) is 11.6 Å². The Kier molecular flexibility index (Phi) is 6.67. The molecule has 1 amide bonds. The van der Waals surface area contributed by atoms with E-state index in [1.54, 1.807) is 0 Å². The highest BCUT2D eigenvalue weighted by molar-refractivity contribution is 6.17. The number of benzene rings is 1. The zero-order valence-electron chi connectivity index (χ0n) is 9.73. The number of alkyl halides is 1. The molecule has 0 saturated carbocycles. The highest BCUT2D eigenvalue weighted by Crippen LogP contribution is 2.03. The van der Waals surface area contributed by atoms with Crippen molar-refractivity contribution in [3.8, 4) is 0 Å². The van der Waals surface area contributed by atoms with Crippen LogP contribution in [0.15, 0.2) is 30.3 Å². The molecular weight excluding hydrogens is 238 g/mol. The number of carbonyl (C=O) groups is 1. The van der Waals surface area contributed by atoms with Gasteiger partial charge in [0.1, 0.15) is 0 Å². The molecule has 0 aliphatic rings. The van der Waals surface area contributed by atoms with Crippen LogP contribution in [-0.4, -0.2) is 29.5 Å². The average Bonchev–Trinajstić information content (AvgIpc) is 2.36. The van der Waals surface area contributed by atoms with Gasteiger partial charge in [0.15, 0.2) is 0 Å². The minimum Gasteiger partial charge on any atom is -0.394 e. The fourth-order valence-corrected chi connectivity index (χ4v) is 1.72. The van der Waals surface area contributed by atoms with Gasteiger partial charge in [-0.2, -0.15) is 0 Å². The lowest BCUT2D eigenvalue weighted by molar-refractivity contribution is -0.122. The molecular formula is C13H18ClNO2. The number of aliphatic hydroxyl groups is 1. The minimum absolute atomic E-state index is 0.0541. The molecule has 0 aliphatic carbocycles. The van der Waals surface area contributed by atoms with Gasteiger partial charge in [-0.1, -0.05) is 30.3 Å². The number of hydrogen-bond donors (Lipinski definition) is 2. The van der Waals surface area contributed by atoms with Gasteiger partial charge in [0.05, 0.1) is 12.6 Å². The van der Waals surface area contributed by atoms with Crippen LogP contribution in [0.4, 0.5) is 0 Å². The Balaban J connectivity index is 2.41. The molecule has 2 N–H and O–H groups in total. The largest absolute Gasteiger partial charge is 0.394 e. The summed E-state index contributed by atoms with van der Waals surface area (Å²) in [7, 11) is 0. The first-order valence-corrected chi connectivity index (χ1v) is 6.30. The smallest absolute Gasteiger partial charge is 0.220 e. The molecule has 0 unspecified atom stereocenters. The van der Waals surface area contributed by atoms with Gasteiger partial charge in [0, 0.05) is 12.3 Å². The Bertz CT molecular complexity index is 329. The molecule has 0 aliphatic heterocycles. The second-order valence-electron chi connectivity index (χ2n) is 3.93. The third kappa shape index (κ3) is 5.71. The molecule has 94 valence electrons. The van der Waals surface area contributed by atoms with E-state index in [1.807, 2.05) is 30.3 Å². The SMILES string of the molecule is O=C(CCCCl)N[C@@H](CO)Cc1ccccc1. The molecule has 1 aromatic carbocycles. The number of aliphatic hydroxyl groups excluding tert-OH is 1. The fourth-order valence-electron chi connectivity index (χ4n) is 1.59. The van der Waals surface area contributed by atoms with Crippen molar-refractivity contribution in [1.29, 1.82) is 0 Å². The number of hydrogen-bond acceptors (Lipinski definition) is 2. The first kappa shape index (κ1) is 14.0. The quantitative estimate of drug-likeness (QED) is 0.729. The summed E-state index contributed by atoms with van der Waals surface area (Å²) in [5.41, 5.74) is 1.10. The monoisotopic (exact) mass is 255 g/mol. The molecule has 0 spiro atoms. The maximum absolute atomic E-state index is 11.5. The molecule has 3 nitrogen and oxygen atoms in total. The lowest BCUT2D eigenvalue weighted by Gasteiger charge is -2.16. The number of halogens is 1. The van der Waals surface area contributed by atoms with Crippen LogP contribution < -0.4 is 5.32 Å². The van der Waals surface area contributed by atoms with Gasteiger partial charge in [-0.3, -0.25) is 4.79 Å². The summed E-state index contributed by atoms with van der Waals surface area (Å²) >= 11 is 5.52. The Morgan fingerprint density at radius 3 is 2.65 bits per heavy atom. The molecule has 17 heavy (non-hydrogen) atoms. The first-order chi connectivity index (χ1) is 8.26. The molecule has 0 fully saturated rings. The summed E-state index contributed by atoms with van der Waals surface area (Å²) < 4.78 is 0. The second kappa shape index (κ2) is 8.09. The molecule has 0 radical (unpaired) electrons. The number of nitrogens with one attached hydrogen (secondary N) is 1. The molecule has 0 bridgehead atoms. The van der Waals surface area contributed by atoms with Gasteiger partial charge >= 0.3 is 0 Å². The van der Waals surface area contributed by atoms with Crippen molar-refractivity contribution in [2.45, 2.75) is 25.3 Å². The Hall–Kier alpha value is -1.06. The van der Waals surface area contributed by atoms with Crippen LogP contribution in [0, 0.1) is 0 Å². The third-order valence-electron chi connectivity index (χ3n) is 2.45. The zero-order valence-corrected chi connectivity index (χ0v) is 10.5. The van der Waals surface area contributed by atoms with Crippen molar-refractivity contribution in [3.63, 3.8) is 0 Å². The summed E-state index contributed by atoms with van der Waals surface area (Å²) in [4.78, 5) is 11.5. The van der Waals surface area contributed by atoms with Gasteiger partial charge < -0.3 is 10.4 Å². The fraction of sp³-hybridized carbons (Fsp3) is 0.462. The topological polar surface area (TPSA) is 49.3 Å². The van der Waals surface area contributed by atoms with Gasteiger partial charge in [0.25, 0.3) is 0 Å². The Morgan fingerprint density at radius 1 is 1.35 bits per heavy atom. The van der Waals surface area contributed by atoms with Crippen molar-refractivity contribution in [2.24, 2.45) is 0 Å². The van der Waals surface area contributed by atoms with Crippen LogP contribution >= 0.6 is 11.6 Å². The lowest BCUT2D eigenvalue weighted by atomic mass is 10.1. The molecule has 1 atom stereocenters. The first-order valence-electron chi connectivity index (χ1n) is 5.76. The van der Waals surface area contributed by atoms with Crippen LogP contribution in [0.1, 0.15) is 18.4 Å². The van der Waals surface area contributed by atoms with Crippen LogP contribution in [-0.2, 0) is 11.2 Å². The minimum atomic E-state index is -0.222. The van der Waals surface area contributed by atoms with Crippen LogP contribution in [0.3, 0.4) is 0 Å². The Labute approximate surface area is 107 Å². The van der Waals surface area contributed by atoms with E-state index >= 15 is 0 Å². The molecule has 1 aromatic rings. The van der Waals surface area contributed by atoms with Crippen molar-refractivity contribution >= 4 is 17.5 Å². The predicted octanol–water partition coefficient (Wildman–Crippen LogP) is 1.73. The van der Waals surface area contributed by atoms with E-state index in [4.69, 9.17) is 11.6 Å². The Morgan fingerprint density at radius 2 is 2.06 bits per heavy atom. The molecule has 0 aromatic heterocycles. The zero-order chi connectivity index (χ0) is 12.5. The van der Waals surface area contributed by atoms with E-state index < -0.39 is 0 Å². The average molecular weight is 256 g/mol. The molecule has 0 saturated heterocycles. The van der Waals surface area contributed by atoms with E-state index in [9.17, 15) is 9.90 Å². The third-order valence-corrected chi connectivity index (χ3v) is 2.72. The van der Waals surface area contributed by atoms with Crippen molar-refractivity contribution in [2.75, 3.05) is 12.5 Å². The summed E-state index contributed by atoms with van der Waals surface area (Å²) in [6.45, 7) is -0.0541. The summed E-state index contributed by atoms with van der Waals surface area (Å²) in [5, 5.41) is 12.0.